The Balaban J connectivity index is 2.84. The quantitative estimate of drug-likeness (QED) is 0.801. The maximum absolute atomic E-state index is 11.3. The van der Waals surface area contributed by atoms with Crippen molar-refractivity contribution in [2.75, 3.05) is 13.7 Å². The highest BCUT2D eigenvalue weighted by Crippen LogP contribution is 2.24. The predicted molar refractivity (Wildman–Crippen MR) is 60.3 cm³/mol. The van der Waals surface area contributed by atoms with Gasteiger partial charge in [0.15, 0.2) is 0 Å². The lowest BCUT2D eigenvalue weighted by atomic mass is 10.1. The van der Waals surface area contributed by atoms with Crippen molar-refractivity contribution >= 4 is 17.5 Å². The van der Waals surface area contributed by atoms with E-state index in [4.69, 9.17) is 16.3 Å². The first-order valence-electron chi connectivity index (χ1n) is 4.77. The molecule has 0 heterocycles. The molecule has 1 atom stereocenters. The zero-order valence-corrected chi connectivity index (χ0v) is 9.54. The lowest BCUT2D eigenvalue weighted by Crippen LogP contribution is -2.22. The first-order chi connectivity index (χ1) is 7.19. The summed E-state index contributed by atoms with van der Waals surface area (Å²) in [5.74, 6) is 0.509. The van der Waals surface area contributed by atoms with E-state index in [-0.39, 0.29) is 5.91 Å². The number of carbonyl (C=O) groups is 1. The summed E-state index contributed by atoms with van der Waals surface area (Å²) in [5.41, 5.74) is 0.738. The molecular formula is C11H14ClNO2. The van der Waals surface area contributed by atoms with E-state index < -0.39 is 5.38 Å². The smallest absolute Gasteiger partial charge is 0.242 e. The second-order valence-electron chi connectivity index (χ2n) is 2.98. The molecule has 1 amide bonds. The van der Waals surface area contributed by atoms with Crippen LogP contribution in [-0.4, -0.2) is 19.6 Å². The zero-order chi connectivity index (χ0) is 11.3. The van der Waals surface area contributed by atoms with Gasteiger partial charge in [0.25, 0.3) is 0 Å². The van der Waals surface area contributed by atoms with Crippen molar-refractivity contribution in [1.29, 1.82) is 0 Å². The van der Waals surface area contributed by atoms with Crippen LogP contribution in [0.15, 0.2) is 24.3 Å². The standard InChI is InChI=1S/C11H14ClNO2/c1-3-15-9-6-4-5-8(7-9)10(12)11(14)13-2/h4-7,10H,3H2,1-2H3,(H,13,14). The molecule has 3 nitrogen and oxygen atoms in total. The Labute approximate surface area is 94.4 Å². The molecule has 0 aromatic heterocycles. The third-order valence-electron chi connectivity index (χ3n) is 1.94. The molecule has 0 radical (unpaired) electrons. The Morgan fingerprint density at radius 3 is 2.93 bits per heavy atom. The van der Waals surface area contributed by atoms with Crippen molar-refractivity contribution in [3.05, 3.63) is 29.8 Å². The fraction of sp³-hybridized carbons (Fsp3) is 0.364. The monoisotopic (exact) mass is 227 g/mol. The van der Waals surface area contributed by atoms with Gasteiger partial charge in [-0.3, -0.25) is 4.79 Å². The number of ether oxygens (including phenoxy) is 1. The minimum absolute atomic E-state index is 0.217. The van der Waals surface area contributed by atoms with Gasteiger partial charge in [-0.1, -0.05) is 12.1 Å². The van der Waals surface area contributed by atoms with E-state index in [9.17, 15) is 4.79 Å². The van der Waals surface area contributed by atoms with Crippen molar-refractivity contribution < 1.29 is 9.53 Å². The Kier molecular flexibility index (Phi) is 4.43. The molecule has 0 bridgehead atoms. The second kappa shape index (κ2) is 5.61. The molecule has 0 fully saturated rings. The molecule has 0 aliphatic heterocycles. The molecule has 1 unspecified atom stereocenters. The van der Waals surface area contributed by atoms with Crippen LogP contribution >= 0.6 is 11.6 Å². The number of carbonyl (C=O) groups excluding carboxylic acids is 1. The summed E-state index contributed by atoms with van der Waals surface area (Å²) >= 11 is 5.96. The summed E-state index contributed by atoms with van der Waals surface area (Å²) in [5, 5.41) is 1.83. The van der Waals surface area contributed by atoms with Crippen LogP contribution in [0.2, 0.25) is 0 Å². The predicted octanol–water partition coefficient (Wildman–Crippen LogP) is 2.11. The average molecular weight is 228 g/mol. The SMILES string of the molecule is CCOc1cccc(C(Cl)C(=O)NC)c1. The number of nitrogens with one attached hydrogen (secondary N) is 1. The van der Waals surface area contributed by atoms with Gasteiger partial charge in [0.05, 0.1) is 6.61 Å². The molecule has 1 aromatic carbocycles. The first kappa shape index (κ1) is 11.9. The first-order valence-corrected chi connectivity index (χ1v) is 5.21. The number of amides is 1. The van der Waals surface area contributed by atoms with Crippen LogP contribution in [-0.2, 0) is 4.79 Å². The van der Waals surface area contributed by atoms with Crippen LogP contribution < -0.4 is 10.1 Å². The van der Waals surface area contributed by atoms with Crippen molar-refractivity contribution in [3.8, 4) is 5.75 Å². The van der Waals surface area contributed by atoms with Crippen LogP contribution in [0.5, 0.6) is 5.75 Å². The van der Waals surface area contributed by atoms with E-state index in [2.05, 4.69) is 5.32 Å². The van der Waals surface area contributed by atoms with Crippen LogP contribution in [0, 0.1) is 0 Å². The average Bonchev–Trinajstić information content (AvgIpc) is 2.28. The molecule has 0 spiro atoms. The van der Waals surface area contributed by atoms with Gasteiger partial charge >= 0.3 is 0 Å². The van der Waals surface area contributed by atoms with Crippen molar-refractivity contribution in [1.82, 2.24) is 5.32 Å². The van der Waals surface area contributed by atoms with Gasteiger partial charge in [0, 0.05) is 7.05 Å². The molecule has 0 saturated carbocycles. The highest BCUT2D eigenvalue weighted by molar-refractivity contribution is 6.30. The largest absolute Gasteiger partial charge is 0.494 e. The number of likely N-dealkylation sites (N-methyl/N-ethyl adjacent to an activating group) is 1. The summed E-state index contributed by atoms with van der Waals surface area (Å²) in [6, 6.07) is 7.23. The fourth-order valence-electron chi connectivity index (χ4n) is 1.21. The third-order valence-corrected chi connectivity index (χ3v) is 2.39. The second-order valence-corrected chi connectivity index (χ2v) is 3.42. The summed E-state index contributed by atoms with van der Waals surface area (Å²) in [7, 11) is 1.56. The third kappa shape index (κ3) is 3.13. The number of halogens is 1. The molecule has 0 aliphatic rings. The fourth-order valence-corrected chi connectivity index (χ4v) is 1.45. The molecular weight excluding hydrogens is 214 g/mol. The molecule has 15 heavy (non-hydrogen) atoms. The van der Waals surface area contributed by atoms with Crippen molar-refractivity contribution in [2.24, 2.45) is 0 Å². The van der Waals surface area contributed by atoms with E-state index in [1.807, 2.05) is 19.1 Å². The summed E-state index contributed by atoms with van der Waals surface area (Å²) in [6.45, 7) is 2.50. The van der Waals surface area contributed by atoms with Gasteiger partial charge in [0.2, 0.25) is 5.91 Å². The van der Waals surface area contributed by atoms with E-state index >= 15 is 0 Å². The normalized spacial score (nSPS) is 11.9. The lowest BCUT2D eigenvalue weighted by Gasteiger charge is -2.10. The van der Waals surface area contributed by atoms with Crippen LogP contribution in [0.25, 0.3) is 0 Å². The molecule has 4 heteroatoms. The summed E-state index contributed by atoms with van der Waals surface area (Å²) in [4.78, 5) is 11.3. The molecule has 0 saturated heterocycles. The molecule has 1 rings (SSSR count). The summed E-state index contributed by atoms with van der Waals surface area (Å²) < 4.78 is 5.32. The molecule has 82 valence electrons. The zero-order valence-electron chi connectivity index (χ0n) is 8.79. The highest BCUT2D eigenvalue weighted by atomic mass is 35.5. The maximum Gasteiger partial charge on any atom is 0.242 e. The number of benzene rings is 1. The number of hydrogen-bond acceptors (Lipinski definition) is 2. The minimum Gasteiger partial charge on any atom is -0.494 e. The lowest BCUT2D eigenvalue weighted by molar-refractivity contribution is -0.120. The van der Waals surface area contributed by atoms with Crippen LogP contribution in [0.1, 0.15) is 17.9 Å². The highest BCUT2D eigenvalue weighted by Gasteiger charge is 2.16. The number of alkyl halides is 1. The number of rotatable bonds is 4. The van der Waals surface area contributed by atoms with Crippen LogP contribution in [0.3, 0.4) is 0 Å². The Morgan fingerprint density at radius 1 is 1.60 bits per heavy atom. The summed E-state index contributed by atoms with van der Waals surface area (Å²) in [6.07, 6.45) is 0. The van der Waals surface area contributed by atoms with Crippen molar-refractivity contribution in [3.63, 3.8) is 0 Å². The minimum atomic E-state index is -0.671. The topological polar surface area (TPSA) is 38.3 Å². The molecule has 1 aromatic rings. The van der Waals surface area contributed by atoms with E-state index in [1.165, 1.54) is 0 Å². The van der Waals surface area contributed by atoms with Gasteiger partial charge in [-0.05, 0) is 24.6 Å². The maximum atomic E-state index is 11.3. The molecule has 0 aliphatic carbocycles. The van der Waals surface area contributed by atoms with Gasteiger partial charge in [0.1, 0.15) is 11.1 Å². The van der Waals surface area contributed by atoms with Crippen molar-refractivity contribution in [2.45, 2.75) is 12.3 Å². The van der Waals surface area contributed by atoms with Crippen LogP contribution in [0.4, 0.5) is 0 Å². The van der Waals surface area contributed by atoms with Gasteiger partial charge in [-0.2, -0.15) is 0 Å². The number of hydrogen-bond donors (Lipinski definition) is 1. The molecule has 1 N–H and O–H groups in total. The van der Waals surface area contributed by atoms with Gasteiger partial charge in [-0.25, -0.2) is 0 Å². The van der Waals surface area contributed by atoms with Gasteiger partial charge < -0.3 is 10.1 Å². The Bertz CT molecular complexity index is 341. The van der Waals surface area contributed by atoms with Gasteiger partial charge in [-0.15, -0.1) is 11.6 Å². The van der Waals surface area contributed by atoms with E-state index in [1.54, 1.807) is 19.2 Å². The Morgan fingerprint density at radius 2 is 2.33 bits per heavy atom. The Hall–Kier alpha value is -1.22. The van der Waals surface area contributed by atoms with E-state index in [0.717, 1.165) is 11.3 Å². The van der Waals surface area contributed by atoms with E-state index in [0.29, 0.717) is 6.61 Å².